The van der Waals surface area contributed by atoms with Gasteiger partial charge in [-0.3, -0.25) is 14.9 Å². The Morgan fingerprint density at radius 1 is 1.13 bits per heavy atom. The average molecular weight is 442 g/mol. The minimum absolute atomic E-state index is 0.0657. The van der Waals surface area contributed by atoms with E-state index in [1.54, 1.807) is 6.07 Å². The van der Waals surface area contributed by atoms with Gasteiger partial charge in [0.1, 0.15) is 0 Å². The van der Waals surface area contributed by atoms with Crippen molar-refractivity contribution in [1.29, 1.82) is 0 Å². The highest BCUT2D eigenvalue weighted by molar-refractivity contribution is 9.11. The summed E-state index contributed by atoms with van der Waals surface area (Å²) < 4.78 is 7.01. The molecule has 7 nitrogen and oxygen atoms in total. The minimum atomic E-state index is -0.925. The number of hydrogen-bond donors (Lipinski definition) is 0. The van der Waals surface area contributed by atoms with Gasteiger partial charge in [0.25, 0.3) is 11.2 Å². The van der Waals surface area contributed by atoms with Crippen molar-refractivity contribution in [2.45, 2.75) is 0 Å². The van der Waals surface area contributed by atoms with Crippen LogP contribution in [0.4, 0.5) is 5.69 Å². The second kappa shape index (κ2) is 5.74. The first-order valence-electron chi connectivity index (χ1n) is 6.18. The van der Waals surface area contributed by atoms with Crippen LogP contribution in [0.25, 0.3) is 16.7 Å². The molecule has 0 amide bonds. The maximum atomic E-state index is 12.6. The molecule has 2 aromatic carbocycles. The van der Waals surface area contributed by atoms with Gasteiger partial charge in [0.2, 0.25) is 0 Å². The third-order valence-electron chi connectivity index (χ3n) is 3.11. The van der Waals surface area contributed by atoms with E-state index in [1.807, 2.05) is 0 Å². The maximum absolute atomic E-state index is 12.6. The molecule has 0 atom stereocenters. The summed E-state index contributed by atoms with van der Waals surface area (Å²) in [5, 5.41) is 11.0. The zero-order valence-electron chi connectivity index (χ0n) is 11.2. The fourth-order valence-corrected chi connectivity index (χ4v) is 3.43. The molecular weight excluding hydrogens is 436 g/mol. The molecule has 0 saturated heterocycles. The number of aromatic nitrogens is 1. The van der Waals surface area contributed by atoms with Gasteiger partial charge in [-0.2, -0.15) is 0 Å². The van der Waals surface area contributed by atoms with E-state index >= 15 is 0 Å². The van der Waals surface area contributed by atoms with Crippen molar-refractivity contribution >= 4 is 48.5 Å². The molecule has 0 radical (unpaired) electrons. The average Bonchev–Trinajstić information content (AvgIpc) is 2.49. The third kappa shape index (κ3) is 2.73. The van der Waals surface area contributed by atoms with Gasteiger partial charge in [-0.1, -0.05) is 22.0 Å². The predicted octanol–water partition coefficient (Wildman–Crippen LogP) is 3.38. The molecule has 0 unspecified atom stereocenters. The van der Waals surface area contributed by atoms with Gasteiger partial charge in [-0.25, -0.2) is 9.36 Å². The molecule has 3 aromatic rings. The second-order valence-corrected chi connectivity index (χ2v) is 6.32. The molecule has 0 bridgehead atoms. The first kappa shape index (κ1) is 15.6. The topological polar surface area (TPSA) is 95.3 Å². The number of nitro benzene ring substituents is 1. The monoisotopic (exact) mass is 440 g/mol. The van der Waals surface area contributed by atoms with Gasteiger partial charge in [-0.15, -0.1) is 0 Å². The highest BCUT2D eigenvalue weighted by Gasteiger charge is 2.16. The molecule has 0 aliphatic carbocycles. The minimum Gasteiger partial charge on any atom is -0.408 e. The number of halogens is 2. The van der Waals surface area contributed by atoms with Crippen LogP contribution in [0.1, 0.15) is 0 Å². The Hall–Kier alpha value is -2.26. The number of benzene rings is 2. The summed E-state index contributed by atoms with van der Waals surface area (Å²) in [6.07, 6.45) is 0. The van der Waals surface area contributed by atoms with Gasteiger partial charge >= 0.3 is 5.76 Å². The first-order valence-corrected chi connectivity index (χ1v) is 7.77. The quantitative estimate of drug-likeness (QED) is 0.448. The van der Waals surface area contributed by atoms with Crippen LogP contribution < -0.4 is 11.3 Å². The molecule has 116 valence electrons. The van der Waals surface area contributed by atoms with Crippen LogP contribution in [0.5, 0.6) is 0 Å². The Labute approximate surface area is 144 Å². The van der Waals surface area contributed by atoms with Crippen LogP contribution in [0, 0.1) is 10.1 Å². The molecule has 23 heavy (non-hydrogen) atoms. The first-order chi connectivity index (χ1) is 10.9. The maximum Gasteiger partial charge on any atom is 0.427 e. The van der Waals surface area contributed by atoms with Crippen molar-refractivity contribution in [3.05, 3.63) is 76.4 Å². The van der Waals surface area contributed by atoms with E-state index in [2.05, 4.69) is 31.9 Å². The predicted molar refractivity (Wildman–Crippen MR) is 90.1 cm³/mol. The second-order valence-electron chi connectivity index (χ2n) is 4.55. The van der Waals surface area contributed by atoms with Crippen molar-refractivity contribution in [3.63, 3.8) is 0 Å². The lowest BCUT2D eigenvalue weighted by Crippen LogP contribution is -2.31. The molecule has 0 aliphatic heterocycles. The number of nitro groups is 1. The van der Waals surface area contributed by atoms with Crippen LogP contribution in [0.3, 0.4) is 0 Å². The van der Waals surface area contributed by atoms with Gasteiger partial charge in [0, 0.05) is 16.6 Å². The fourth-order valence-electron chi connectivity index (χ4n) is 2.13. The van der Waals surface area contributed by atoms with E-state index in [0.717, 1.165) is 10.6 Å². The molecule has 0 fully saturated rings. The third-order valence-corrected chi connectivity index (χ3v) is 4.16. The largest absolute Gasteiger partial charge is 0.427 e. The molecule has 1 aromatic heterocycles. The Morgan fingerprint density at radius 3 is 2.57 bits per heavy atom. The summed E-state index contributed by atoms with van der Waals surface area (Å²) in [5.74, 6) is -0.925. The van der Waals surface area contributed by atoms with Crippen LogP contribution in [0.2, 0.25) is 0 Å². The summed E-state index contributed by atoms with van der Waals surface area (Å²) in [7, 11) is 0. The molecular formula is C14H6Br2N2O5. The lowest BCUT2D eigenvalue weighted by molar-refractivity contribution is -0.384. The number of nitrogens with zero attached hydrogens (tertiary/aromatic N) is 2. The molecule has 3 rings (SSSR count). The van der Waals surface area contributed by atoms with Crippen LogP contribution in [0.15, 0.2) is 59.3 Å². The van der Waals surface area contributed by atoms with Crippen LogP contribution in [-0.2, 0) is 0 Å². The van der Waals surface area contributed by atoms with E-state index in [9.17, 15) is 19.7 Å². The van der Waals surface area contributed by atoms with Crippen molar-refractivity contribution in [2.24, 2.45) is 0 Å². The van der Waals surface area contributed by atoms with E-state index < -0.39 is 16.2 Å². The van der Waals surface area contributed by atoms with E-state index in [4.69, 9.17) is 4.42 Å². The summed E-state index contributed by atoms with van der Waals surface area (Å²) in [4.78, 5) is 35.0. The van der Waals surface area contributed by atoms with Crippen molar-refractivity contribution in [3.8, 4) is 5.69 Å². The van der Waals surface area contributed by atoms with E-state index in [-0.39, 0.29) is 22.3 Å². The van der Waals surface area contributed by atoms with Crippen molar-refractivity contribution in [2.75, 3.05) is 0 Å². The highest BCUT2D eigenvalue weighted by Crippen LogP contribution is 2.26. The molecule has 0 saturated carbocycles. The number of non-ortho nitro benzene ring substituents is 1. The van der Waals surface area contributed by atoms with E-state index in [0.29, 0.717) is 8.95 Å². The lowest BCUT2D eigenvalue weighted by Gasteiger charge is -2.06. The van der Waals surface area contributed by atoms with Crippen LogP contribution >= 0.6 is 31.9 Å². The van der Waals surface area contributed by atoms with Crippen LogP contribution in [-0.4, -0.2) is 9.49 Å². The van der Waals surface area contributed by atoms with Gasteiger partial charge in [-0.05, 0) is 34.1 Å². The molecule has 1 heterocycles. The Bertz CT molecular complexity index is 1070. The van der Waals surface area contributed by atoms with Gasteiger partial charge in [0.05, 0.1) is 20.5 Å². The van der Waals surface area contributed by atoms with Crippen molar-refractivity contribution in [1.82, 2.24) is 4.57 Å². The zero-order chi connectivity index (χ0) is 16.7. The summed E-state index contributed by atoms with van der Waals surface area (Å²) in [5.41, 5.74) is -0.677. The van der Waals surface area contributed by atoms with Gasteiger partial charge < -0.3 is 4.42 Å². The summed E-state index contributed by atoms with van der Waals surface area (Å²) >= 11 is 6.49. The standard InChI is InChI=1S/C14H6Br2N2O5/c15-7-4-10-12(11(16)5-7)23-14(20)17(13(10)19)8-2-1-3-9(6-8)18(21)22/h1-6H. The summed E-state index contributed by atoms with van der Waals surface area (Å²) in [6, 6.07) is 8.37. The number of hydrogen-bond acceptors (Lipinski definition) is 5. The molecule has 0 N–H and O–H groups in total. The molecule has 0 aliphatic rings. The molecule has 9 heteroatoms. The Balaban J connectivity index is 2.39. The number of fused-ring (bicyclic) bond motifs is 1. The highest BCUT2D eigenvalue weighted by atomic mass is 79.9. The smallest absolute Gasteiger partial charge is 0.408 e. The van der Waals surface area contributed by atoms with E-state index in [1.165, 1.54) is 24.3 Å². The number of rotatable bonds is 2. The normalized spacial score (nSPS) is 10.9. The fraction of sp³-hybridized carbons (Fsp3) is 0. The Morgan fingerprint density at radius 2 is 1.87 bits per heavy atom. The molecule has 0 spiro atoms. The van der Waals surface area contributed by atoms with Gasteiger partial charge in [0.15, 0.2) is 5.58 Å². The van der Waals surface area contributed by atoms with Crippen molar-refractivity contribution < 1.29 is 9.34 Å². The summed E-state index contributed by atoms with van der Waals surface area (Å²) in [6.45, 7) is 0. The lowest BCUT2D eigenvalue weighted by atomic mass is 10.2. The SMILES string of the molecule is O=c1oc2c(Br)cc(Br)cc2c(=O)n1-c1cccc([N+](=O)[O-])c1. The zero-order valence-corrected chi connectivity index (χ0v) is 14.3. The Kier molecular flexibility index (Phi) is 3.90.